The van der Waals surface area contributed by atoms with Crippen LogP contribution in [0.15, 0.2) is 30.3 Å². The zero-order valence-electron chi connectivity index (χ0n) is 13.7. The highest BCUT2D eigenvalue weighted by atomic mass is 15.2. The maximum absolute atomic E-state index is 5.88. The summed E-state index contributed by atoms with van der Waals surface area (Å²) in [7, 11) is 0. The fourth-order valence-electron chi connectivity index (χ4n) is 2.88. The van der Waals surface area contributed by atoms with Gasteiger partial charge in [0.05, 0.1) is 6.04 Å². The Labute approximate surface area is 137 Å². The molecule has 23 heavy (non-hydrogen) atoms. The summed E-state index contributed by atoms with van der Waals surface area (Å²) in [4.78, 5) is 15.5. The van der Waals surface area contributed by atoms with E-state index in [2.05, 4.69) is 39.0 Å². The maximum Gasteiger partial charge on any atom is 0.232 e. The molecule has 1 aromatic heterocycles. The van der Waals surface area contributed by atoms with E-state index in [0.717, 1.165) is 30.5 Å². The molecule has 1 aliphatic rings. The minimum atomic E-state index is 0.143. The molecule has 2 heterocycles. The van der Waals surface area contributed by atoms with Crippen LogP contribution in [-0.2, 0) is 0 Å². The van der Waals surface area contributed by atoms with E-state index in [-0.39, 0.29) is 12.0 Å². The Balaban J connectivity index is 1.77. The van der Waals surface area contributed by atoms with Gasteiger partial charge in [-0.15, -0.1) is 0 Å². The summed E-state index contributed by atoms with van der Waals surface area (Å²) >= 11 is 0. The number of para-hydroxylation sites is 1. The van der Waals surface area contributed by atoms with Gasteiger partial charge < -0.3 is 11.1 Å². The van der Waals surface area contributed by atoms with E-state index >= 15 is 0 Å². The lowest BCUT2D eigenvalue weighted by Crippen LogP contribution is -2.35. The van der Waals surface area contributed by atoms with Crippen LogP contribution in [0.4, 0.5) is 17.6 Å². The van der Waals surface area contributed by atoms with E-state index in [0.29, 0.717) is 5.95 Å². The highest BCUT2D eigenvalue weighted by Gasteiger charge is 2.23. The summed E-state index contributed by atoms with van der Waals surface area (Å²) in [5.74, 6) is 2.28. The van der Waals surface area contributed by atoms with E-state index in [1.165, 1.54) is 12.8 Å². The van der Waals surface area contributed by atoms with Crippen LogP contribution < -0.4 is 11.1 Å². The predicted molar refractivity (Wildman–Crippen MR) is 92.4 cm³/mol. The Bertz CT molecular complexity index is 637. The van der Waals surface area contributed by atoms with Crippen molar-refractivity contribution in [3.63, 3.8) is 0 Å². The fourth-order valence-corrected chi connectivity index (χ4v) is 2.88. The number of likely N-dealkylation sites (tertiary alicyclic amines) is 1. The van der Waals surface area contributed by atoms with Gasteiger partial charge in [-0.05, 0) is 50.9 Å². The van der Waals surface area contributed by atoms with Crippen molar-refractivity contribution in [1.29, 1.82) is 0 Å². The molecule has 0 amide bonds. The van der Waals surface area contributed by atoms with Crippen LogP contribution in [0.25, 0.3) is 0 Å². The Morgan fingerprint density at radius 3 is 2.52 bits per heavy atom. The molecular weight excluding hydrogens is 288 g/mol. The fraction of sp³-hybridized carbons (Fsp3) is 0.471. The second kappa shape index (κ2) is 6.91. The number of nitrogens with one attached hydrogen (secondary N) is 1. The molecule has 1 saturated heterocycles. The topological polar surface area (TPSA) is 80.0 Å². The Kier molecular flexibility index (Phi) is 4.71. The highest BCUT2D eigenvalue weighted by Crippen LogP contribution is 2.25. The van der Waals surface area contributed by atoms with Gasteiger partial charge in [0.2, 0.25) is 11.9 Å². The van der Waals surface area contributed by atoms with Crippen molar-refractivity contribution < 1.29 is 0 Å². The number of benzene rings is 1. The van der Waals surface area contributed by atoms with Gasteiger partial charge in [0.1, 0.15) is 0 Å². The van der Waals surface area contributed by atoms with Crippen molar-refractivity contribution in [2.45, 2.75) is 32.7 Å². The first kappa shape index (κ1) is 15.7. The summed E-state index contributed by atoms with van der Waals surface area (Å²) < 4.78 is 0. The van der Waals surface area contributed by atoms with Crippen molar-refractivity contribution in [2.75, 3.05) is 24.1 Å². The average Bonchev–Trinajstić information content (AvgIpc) is 2.55. The minimum Gasteiger partial charge on any atom is -0.368 e. The predicted octanol–water partition coefficient (Wildman–Crippen LogP) is 2.99. The first-order valence-electron chi connectivity index (χ1n) is 8.19. The molecule has 0 radical (unpaired) electrons. The zero-order chi connectivity index (χ0) is 16.2. The number of anilines is 3. The van der Waals surface area contributed by atoms with Crippen molar-refractivity contribution in [2.24, 2.45) is 5.92 Å². The number of hydrogen-bond donors (Lipinski definition) is 2. The number of piperidine rings is 1. The molecule has 0 aliphatic carbocycles. The summed E-state index contributed by atoms with van der Waals surface area (Å²) in [5, 5.41) is 3.19. The third-order valence-electron chi connectivity index (χ3n) is 4.44. The molecule has 0 saturated carbocycles. The van der Waals surface area contributed by atoms with E-state index in [1.807, 2.05) is 30.3 Å². The SMILES string of the molecule is CC1CCN([C@H](C)c2nc(N)nc(Nc3ccccc3)n2)CC1. The lowest BCUT2D eigenvalue weighted by atomic mass is 9.98. The van der Waals surface area contributed by atoms with Gasteiger partial charge in [0.25, 0.3) is 0 Å². The summed E-state index contributed by atoms with van der Waals surface area (Å²) in [6, 6.07) is 9.97. The van der Waals surface area contributed by atoms with E-state index in [9.17, 15) is 0 Å². The molecule has 2 aromatic rings. The Morgan fingerprint density at radius 1 is 1.13 bits per heavy atom. The molecule has 0 spiro atoms. The Hall–Kier alpha value is -2.21. The highest BCUT2D eigenvalue weighted by molar-refractivity contribution is 5.53. The molecule has 1 aromatic carbocycles. The van der Waals surface area contributed by atoms with Gasteiger partial charge in [0.15, 0.2) is 5.82 Å². The molecule has 6 heteroatoms. The minimum absolute atomic E-state index is 0.143. The third kappa shape index (κ3) is 3.96. The normalized spacial score (nSPS) is 17.8. The van der Waals surface area contributed by atoms with Crippen LogP contribution in [0.5, 0.6) is 0 Å². The monoisotopic (exact) mass is 312 g/mol. The van der Waals surface area contributed by atoms with Gasteiger partial charge in [-0.1, -0.05) is 25.1 Å². The Morgan fingerprint density at radius 2 is 1.83 bits per heavy atom. The largest absolute Gasteiger partial charge is 0.368 e. The average molecular weight is 312 g/mol. The first-order chi connectivity index (χ1) is 11.1. The maximum atomic E-state index is 5.88. The number of nitrogens with two attached hydrogens (primary N) is 1. The third-order valence-corrected chi connectivity index (χ3v) is 4.44. The van der Waals surface area contributed by atoms with E-state index in [1.54, 1.807) is 0 Å². The van der Waals surface area contributed by atoms with Crippen molar-refractivity contribution in [3.8, 4) is 0 Å². The van der Waals surface area contributed by atoms with Gasteiger partial charge in [0, 0.05) is 5.69 Å². The molecule has 0 unspecified atom stereocenters. The van der Waals surface area contributed by atoms with Crippen LogP contribution in [0, 0.1) is 5.92 Å². The summed E-state index contributed by atoms with van der Waals surface area (Å²) in [5.41, 5.74) is 6.82. The first-order valence-corrected chi connectivity index (χ1v) is 8.19. The number of nitrogen functional groups attached to an aromatic ring is 1. The van der Waals surface area contributed by atoms with E-state index in [4.69, 9.17) is 5.73 Å². The van der Waals surface area contributed by atoms with Gasteiger partial charge in [-0.25, -0.2) is 0 Å². The molecule has 1 atom stereocenters. The van der Waals surface area contributed by atoms with Gasteiger partial charge in [-0.3, -0.25) is 4.90 Å². The lowest BCUT2D eigenvalue weighted by Gasteiger charge is -2.34. The molecule has 122 valence electrons. The van der Waals surface area contributed by atoms with Crippen molar-refractivity contribution in [3.05, 3.63) is 36.2 Å². The van der Waals surface area contributed by atoms with Crippen molar-refractivity contribution >= 4 is 17.6 Å². The van der Waals surface area contributed by atoms with Crippen LogP contribution in [0.1, 0.15) is 38.6 Å². The molecule has 3 rings (SSSR count). The zero-order valence-corrected chi connectivity index (χ0v) is 13.7. The molecule has 1 aliphatic heterocycles. The molecule has 6 nitrogen and oxygen atoms in total. The van der Waals surface area contributed by atoms with Crippen LogP contribution in [0.3, 0.4) is 0 Å². The molecule has 0 bridgehead atoms. The second-order valence-corrected chi connectivity index (χ2v) is 6.26. The van der Waals surface area contributed by atoms with Gasteiger partial charge in [-0.2, -0.15) is 15.0 Å². The molecule has 3 N–H and O–H groups in total. The van der Waals surface area contributed by atoms with Crippen LogP contribution >= 0.6 is 0 Å². The second-order valence-electron chi connectivity index (χ2n) is 6.26. The lowest BCUT2D eigenvalue weighted by molar-refractivity contribution is 0.142. The van der Waals surface area contributed by atoms with E-state index < -0.39 is 0 Å². The van der Waals surface area contributed by atoms with Crippen molar-refractivity contribution in [1.82, 2.24) is 19.9 Å². The summed E-state index contributed by atoms with van der Waals surface area (Å²) in [6.07, 6.45) is 2.44. The molecule has 1 fully saturated rings. The van der Waals surface area contributed by atoms with Crippen LogP contribution in [-0.4, -0.2) is 32.9 Å². The number of hydrogen-bond acceptors (Lipinski definition) is 6. The number of aromatic nitrogens is 3. The summed E-state index contributed by atoms with van der Waals surface area (Å²) in [6.45, 7) is 6.60. The smallest absolute Gasteiger partial charge is 0.232 e. The number of nitrogens with zero attached hydrogens (tertiary/aromatic N) is 4. The number of rotatable bonds is 4. The standard InChI is InChI=1S/C17H24N6/c1-12-8-10-23(11-9-12)13(2)15-20-16(18)22-17(21-15)19-14-6-4-3-5-7-14/h3-7,12-13H,8-11H2,1-2H3,(H3,18,19,20,21,22)/t13-/m1/s1. The molecular formula is C17H24N6. The quantitative estimate of drug-likeness (QED) is 0.903. The van der Waals surface area contributed by atoms with Crippen LogP contribution in [0.2, 0.25) is 0 Å². The van der Waals surface area contributed by atoms with Gasteiger partial charge >= 0.3 is 0 Å².